The number of aromatic nitrogens is 4. The highest BCUT2D eigenvalue weighted by atomic mass is 35.5. The smallest absolute Gasteiger partial charge is 0.174 e. The van der Waals surface area contributed by atoms with E-state index in [0.29, 0.717) is 5.82 Å². The summed E-state index contributed by atoms with van der Waals surface area (Å²) >= 11 is 5.95. The highest BCUT2D eigenvalue weighted by Gasteiger charge is 2.14. The van der Waals surface area contributed by atoms with Crippen LogP contribution in [0.4, 0.5) is 4.39 Å². The predicted octanol–water partition coefficient (Wildman–Crippen LogP) is 2.41. The molecular weight excluding hydrogens is 231 g/mol. The van der Waals surface area contributed by atoms with Gasteiger partial charge in [-0.05, 0) is 48.0 Å². The summed E-state index contributed by atoms with van der Waals surface area (Å²) < 4.78 is 14.5. The molecule has 1 unspecified atom stereocenters. The number of halogens is 2. The van der Waals surface area contributed by atoms with Gasteiger partial charge in [0.1, 0.15) is 5.82 Å². The van der Waals surface area contributed by atoms with Gasteiger partial charge in [0.25, 0.3) is 0 Å². The quantitative estimate of drug-likeness (QED) is 0.757. The molecule has 0 amide bonds. The lowest BCUT2D eigenvalue weighted by molar-refractivity contribution is 0.624. The highest BCUT2D eigenvalue weighted by molar-refractivity contribution is 6.20. The molecule has 0 spiro atoms. The van der Waals surface area contributed by atoms with E-state index in [2.05, 4.69) is 15.5 Å². The fourth-order valence-electron chi connectivity index (χ4n) is 1.47. The Kier molecular flexibility index (Phi) is 2.87. The molecule has 0 saturated carbocycles. The number of alkyl halides is 1. The lowest BCUT2D eigenvalue weighted by atomic mass is 10.2. The van der Waals surface area contributed by atoms with Gasteiger partial charge in [0.15, 0.2) is 5.82 Å². The van der Waals surface area contributed by atoms with Crippen molar-refractivity contribution in [3.05, 3.63) is 35.4 Å². The van der Waals surface area contributed by atoms with Gasteiger partial charge in [0, 0.05) is 0 Å². The topological polar surface area (TPSA) is 43.6 Å². The van der Waals surface area contributed by atoms with Gasteiger partial charge in [-0.1, -0.05) is 0 Å². The zero-order valence-corrected chi connectivity index (χ0v) is 9.61. The summed E-state index contributed by atoms with van der Waals surface area (Å²) in [5, 5.41) is 10.9. The van der Waals surface area contributed by atoms with Crippen molar-refractivity contribution < 1.29 is 4.39 Å². The van der Waals surface area contributed by atoms with E-state index in [1.54, 1.807) is 19.9 Å². The van der Waals surface area contributed by atoms with Crippen LogP contribution in [0.3, 0.4) is 0 Å². The third kappa shape index (κ3) is 1.90. The van der Waals surface area contributed by atoms with E-state index in [1.165, 1.54) is 16.8 Å². The van der Waals surface area contributed by atoms with Gasteiger partial charge in [-0.15, -0.1) is 16.7 Å². The van der Waals surface area contributed by atoms with E-state index in [9.17, 15) is 4.39 Å². The zero-order chi connectivity index (χ0) is 11.7. The first-order valence-electron chi connectivity index (χ1n) is 4.78. The molecule has 1 atom stereocenters. The van der Waals surface area contributed by atoms with Crippen molar-refractivity contribution in [1.29, 1.82) is 0 Å². The molecule has 2 aromatic rings. The largest absolute Gasteiger partial charge is 0.207 e. The second kappa shape index (κ2) is 4.17. The number of tetrazole rings is 1. The van der Waals surface area contributed by atoms with E-state index in [0.717, 1.165) is 11.3 Å². The molecule has 0 saturated heterocycles. The summed E-state index contributed by atoms with van der Waals surface area (Å²) in [6.45, 7) is 3.57. The summed E-state index contributed by atoms with van der Waals surface area (Å²) in [5.74, 6) is 0.256. The number of hydrogen-bond acceptors (Lipinski definition) is 3. The van der Waals surface area contributed by atoms with E-state index >= 15 is 0 Å². The van der Waals surface area contributed by atoms with Crippen molar-refractivity contribution in [2.75, 3.05) is 0 Å². The maximum absolute atomic E-state index is 13.0. The highest BCUT2D eigenvalue weighted by Crippen LogP contribution is 2.21. The fraction of sp³-hybridized carbons (Fsp3) is 0.300. The molecule has 16 heavy (non-hydrogen) atoms. The molecule has 0 radical (unpaired) electrons. The fourth-order valence-corrected chi connectivity index (χ4v) is 1.61. The van der Waals surface area contributed by atoms with Crippen LogP contribution in [-0.2, 0) is 0 Å². The van der Waals surface area contributed by atoms with Gasteiger partial charge >= 0.3 is 0 Å². The van der Waals surface area contributed by atoms with Crippen LogP contribution in [0.2, 0.25) is 0 Å². The first-order valence-corrected chi connectivity index (χ1v) is 5.22. The van der Waals surface area contributed by atoms with Crippen LogP contribution >= 0.6 is 11.6 Å². The molecule has 0 aliphatic rings. The lowest BCUT2D eigenvalue weighted by Gasteiger charge is -2.08. The lowest BCUT2D eigenvalue weighted by Crippen LogP contribution is -2.05. The van der Waals surface area contributed by atoms with Gasteiger partial charge in [0.2, 0.25) is 0 Å². The minimum absolute atomic E-state index is 0.283. The molecule has 1 heterocycles. The number of benzene rings is 1. The molecule has 0 bridgehead atoms. The van der Waals surface area contributed by atoms with Gasteiger partial charge in [-0.25, -0.2) is 4.39 Å². The second-order valence-electron chi connectivity index (χ2n) is 3.50. The average Bonchev–Trinajstić information content (AvgIpc) is 2.66. The maximum atomic E-state index is 13.0. The third-order valence-electron chi connectivity index (χ3n) is 2.24. The Morgan fingerprint density at radius 3 is 2.81 bits per heavy atom. The molecule has 1 aromatic carbocycles. The standard InChI is InChI=1S/C10H10ClFN4/c1-6-5-8(12)3-4-9(6)16-10(7(2)11)13-14-15-16/h3-5,7H,1-2H3. The number of nitrogens with zero attached hydrogens (tertiary/aromatic N) is 4. The number of aryl methyl sites for hydroxylation is 1. The summed E-state index contributed by atoms with van der Waals surface area (Å²) in [6.07, 6.45) is 0. The molecule has 0 fully saturated rings. The van der Waals surface area contributed by atoms with Gasteiger partial charge in [0.05, 0.1) is 11.1 Å². The van der Waals surface area contributed by atoms with Crippen molar-refractivity contribution in [3.63, 3.8) is 0 Å². The molecule has 2 rings (SSSR count). The van der Waals surface area contributed by atoms with E-state index in [-0.39, 0.29) is 11.2 Å². The van der Waals surface area contributed by atoms with Gasteiger partial charge < -0.3 is 0 Å². The molecule has 84 valence electrons. The van der Waals surface area contributed by atoms with Crippen LogP contribution < -0.4 is 0 Å². The van der Waals surface area contributed by atoms with Crippen molar-refractivity contribution in [1.82, 2.24) is 20.2 Å². The van der Waals surface area contributed by atoms with Crippen molar-refractivity contribution >= 4 is 11.6 Å². The zero-order valence-electron chi connectivity index (χ0n) is 8.85. The van der Waals surface area contributed by atoms with E-state index in [4.69, 9.17) is 11.6 Å². The summed E-state index contributed by atoms with van der Waals surface area (Å²) in [7, 11) is 0. The number of hydrogen-bond donors (Lipinski definition) is 0. The minimum Gasteiger partial charge on any atom is -0.207 e. The molecule has 0 aliphatic carbocycles. The summed E-state index contributed by atoms with van der Waals surface area (Å²) in [4.78, 5) is 0. The molecular formula is C10H10ClFN4. The monoisotopic (exact) mass is 240 g/mol. The van der Waals surface area contributed by atoms with Crippen LogP contribution in [0.15, 0.2) is 18.2 Å². The van der Waals surface area contributed by atoms with Crippen LogP contribution in [0.1, 0.15) is 23.7 Å². The Labute approximate surface area is 97.0 Å². The predicted molar refractivity (Wildman–Crippen MR) is 58.1 cm³/mol. The van der Waals surface area contributed by atoms with Gasteiger partial charge in [-0.3, -0.25) is 0 Å². The molecule has 0 N–H and O–H groups in total. The van der Waals surface area contributed by atoms with Crippen LogP contribution in [0, 0.1) is 12.7 Å². The molecule has 6 heteroatoms. The summed E-state index contributed by atoms with van der Waals surface area (Å²) in [5.41, 5.74) is 1.49. The minimum atomic E-state index is -0.306. The van der Waals surface area contributed by atoms with Crippen molar-refractivity contribution in [2.24, 2.45) is 0 Å². The Balaban J connectivity index is 2.54. The Bertz CT molecular complexity index is 509. The van der Waals surface area contributed by atoms with Crippen LogP contribution in [-0.4, -0.2) is 20.2 Å². The first-order chi connectivity index (χ1) is 7.59. The Morgan fingerprint density at radius 1 is 1.44 bits per heavy atom. The molecule has 0 aliphatic heterocycles. The van der Waals surface area contributed by atoms with Gasteiger partial charge in [-0.2, -0.15) is 4.68 Å². The van der Waals surface area contributed by atoms with E-state index < -0.39 is 0 Å². The summed E-state index contributed by atoms with van der Waals surface area (Å²) in [6, 6.07) is 4.43. The second-order valence-corrected chi connectivity index (χ2v) is 4.15. The van der Waals surface area contributed by atoms with Crippen LogP contribution in [0.25, 0.3) is 5.69 Å². The maximum Gasteiger partial charge on any atom is 0.174 e. The molecule has 1 aromatic heterocycles. The van der Waals surface area contributed by atoms with Crippen molar-refractivity contribution in [2.45, 2.75) is 19.2 Å². The normalized spacial score (nSPS) is 12.8. The third-order valence-corrected chi connectivity index (χ3v) is 2.43. The van der Waals surface area contributed by atoms with Crippen LogP contribution in [0.5, 0.6) is 0 Å². The Morgan fingerprint density at radius 2 is 2.19 bits per heavy atom. The Hall–Kier alpha value is -1.49. The van der Waals surface area contributed by atoms with Crippen molar-refractivity contribution in [3.8, 4) is 5.69 Å². The first kappa shape index (κ1) is 11.0. The van der Waals surface area contributed by atoms with E-state index in [1.807, 2.05) is 0 Å². The number of rotatable bonds is 2. The molecule has 4 nitrogen and oxygen atoms in total. The average molecular weight is 241 g/mol. The SMILES string of the molecule is Cc1cc(F)ccc1-n1nnnc1C(C)Cl.